The number of hydrogen-bond donors (Lipinski definition) is 1. The summed E-state index contributed by atoms with van der Waals surface area (Å²) in [6, 6.07) is 6.05. The Morgan fingerprint density at radius 3 is 2.24 bits per heavy atom. The number of anilines is 1. The molecule has 0 aliphatic carbocycles. The number of piperazine rings is 1. The third kappa shape index (κ3) is 4.44. The molecule has 2 amide bonds. The van der Waals surface area contributed by atoms with Crippen LogP contribution in [0.3, 0.4) is 0 Å². The number of amides is 2. The van der Waals surface area contributed by atoms with E-state index in [9.17, 15) is 14.0 Å². The quantitative estimate of drug-likeness (QED) is 0.911. The Labute approximate surface area is 123 Å². The molecule has 1 N–H and O–H groups in total. The van der Waals surface area contributed by atoms with E-state index < -0.39 is 0 Å². The molecule has 1 saturated heterocycles. The topological polar surface area (TPSA) is 52.7 Å². The van der Waals surface area contributed by atoms with Crippen molar-refractivity contribution in [1.82, 2.24) is 9.80 Å². The van der Waals surface area contributed by atoms with Gasteiger partial charge in [-0.15, -0.1) is 0 Å². The molecule has 1 fully saturated rings. The summed E-state index contributed by atoms with van der Waals surface area (Å²) in [6.07, 6.45) is 0.386. The molecule has 0 atom stereocenters. The van der Waals surface area contributed by atoms with Crippen molar-refractivity contribution in [2.45, 2.75) is 13.3 Å². The van der Waals surface area contributed by atoms with E-state index in [1.54, 1.807) is 28.9 Å². The van der Waals surface area contributed by atoms with Gasteiger partial charge in [-0.3, -0.25) is 9.59 Å². The molecule has 1 aliphatic rings. The predicted molar refractivity (Wildman–Crippen MR) is 78.3 cm³/mol. The first-order valence-corrected chi connectivity index (χ1v) is 7.09. The van der Waals surface area contributed by atoms with Crippen LogP contribution in [0.2, 0.25) is 0 Å². The molecule has 1 aromatic carbocycles. The van der Waals surface area contributed by atoms with Gasteiger partial charge in [0.25, 0.3) is 0 Å². The van der Waals surface area contributed by atoms with Crippen molar-refractivity contribution in [2.75, 3.05) is 38.0 Å². The molecular weight excluding hydrogens is 273 g/mol. The van der Waals surface area contributed by atoms with Crippen LogP contribution < -0.4 is 5.32 Å². The third-order valence-electron chi connectivity index (χ3n) is 3.59. The average molecular weight is 293 g/mol. The first kappa shape index (κ1) is 15.3. The maximum atomic E-state index is 12.8. The SMILES string of the molecule is CC(=O)N1CCN(C(=O)CCNc2ccc(F)cc2)CC1. The zero-order valence-electron chi connectivity index (χ0n) is 12.1. The normalized spacial score (nSPS) is 15.0. The molecule has 1 aliphatic heterocycles. The second-order valence-corrected chi connectivity index (χ2v) is 5.07. The Kier molecular flexibility index (Phi) is 5.14. The van der Waals surface area contributed by atoms with Gasteiger partial charge in [0.2, 0.25) is 11.8 Å². The molecule has 0 spiro atoms. The van der Waals surface area contributed by atoms with E-state index in [0.717, 1.165) is 5.69 Å². The number of benzene rings is 1. The minimum atomic E-state index is -0.278. The van der Waals surface area contributed by atoms with Crippen molar-refractivity contribution >= 4 is 17.5 Å². The minimum Gasteiger partial charge on any atom is -0.385 e. The van der Waals surface area contributed by atoms with Crippen molar-refractivity contribution in [3.05, 3.63) is 30.1 Å². The standard InChI is InChI=1S/C15H20FN3O2/c1-12(20)18-8-10-19(11-9-18)15(21)6-7-17-14-4-2-13(16)3-5-14/h2-5,17H,6-11H2,1H3. The molecule has 0 aromatic heterocycles. The summed E-state index contributed by atoms with van der Waals surface area (Å²) in [5.74, 6) is -0.146. The van der Waals surface area contributed by atoms with Gasteiger partial charge in [-0.25, -0.2) is 4.39 Å². The van der Waals surface area contributed by atoms with E-state index in [1.165, 1.54) is 12.1 Å². The maximum absolute atomic E-state index is 12.8. The van der Waals surface area contributed by atoms with Gasteiger partial charge in [-0.1, -0.05) is 0 Å². The number of carbonyl (C=O) groups excluding carboxylic acids is 2. The summed E-state index contributed by atoms with van der Waals surface area (Å²) in [5, 5.41) is 3.09. The largest absolute Gasteiger partial charge is 0.385 e. The van der Waals surface area contributed by atoms with E-state index in [4.69, 9.17) is 0 Å². The van der Waals surface area contributed by atoms with Crippen LogP contribution in [-0.4, -0.2) is 54.3 Å². The first-order chi connectivity index (χ1) is 10.1. The van der Waals surface area contributed by atoms with Gasteiger partial charge in [0, 0.05) is 51.8 Å². The Bertz CT molecular complexity index is 496. The summed E-state index contributed by atoms with van der Waals surface area (Å²) >= 11 is 0. The number of carbonyl (C=O) groups is 2. The summed E-state index contributed by atoms with van der Waals surface area (Å²) in [5.41, 5.74) is 0.797. The third-order valence-corrected chi connectivity index (χ3v) is 3.59. The fourth-order valence-corrected chi connectivity index (χ4v) is 2.31. The van der Waals surface area contributed by atoms with Crippen molar-refractivity contribution in [3.63, 3.8) is 0 Å². The maximum Gasteiger partial charge on any atom is 0.224 e. The Balaban J connectivity index is 1.70. The second-order valence-electron chi connectivity index (χ2n) is 5.07. The van der Waals surface area contributed by atoms with Crippen LogP contribution in [0.25, 0.3) is 0 Å². The highest BCUT2D eigenvalue weighted by Gasteiger charge is 2.21. The number of nitrogens with zero attached hydrogens (tertiary/aromatic N) is 2. The zero-order chi connectivity index (χ0) is 15.2. The lowest BCUT2D eigenvalue weighted by Gasteiger charge is -2.34. The Hall–Kier alpha value is -2.11. The fourth-order valence-electron chi connectivity index (χ4n) is 2.31. The van der Waals surface area contributed by atoms with Gasteiger partial charge in [0.1, 0.15) is 5.82 Å². The van der Waals surface area contributed by atoms with Gasteiger partial charge in [-0.05, 0) is 24.3 Å². The number of hydrogen-bond acceptors (Lipinski definition) is 3. The van der Waals surface area contributed by atoms with E-state index in [-0.39, 0.29) is 17.6 Å². The van der Waals surface area contributed by atoms with E-state index in [2.05, 4.69) is 5.32 Å². The molecule has 1 aromatic rings. The lowest BCUT2D eigenvalue weighted by atomic mass is 10.2. The smallest absolute Gasteiger partial charge is 0.224 e. The lowest BCUT2D eigenvalue weighted by molar-refractivity contribution is -0.138. The van der Waals surface area contributed by atoms with E-state index in [0.29, 0.717) is 39.1 Å². The molecule has 0 saturated carbocycles. The van der Waals surface area contributed by atoms with E-state index in [1.807, 2.05) is 0 Å². The average Bonchev–Trinajstić information content (AvgIpc) is 2.49. The predicted octanol–water partition coefficient (Wildman–Crippen LogP) is 1.32. The van der Waals surface area contributed by atoms with Crippen LogP contribution in [0.15, 0.2) is 24.3 Å². The van der Waals surface area contributed by atoms with Crippen LogP contribution in [0, 0.1) is 5.82 Å². The van der Waals surface area contributed by atoms with Gasteiger partial charge < -0.3 is 15.1 Å². The highest BCUT2D eigenvalue weighted by molar-refractivity contribution is 5.78. The van der Waals surface area contributed by atoms with Crippen molar-refractivity contribution in [3.8, 4) is 0 Å². The fraction of sp³-hybridized carbons (Fsp3) is 0.467. The molecule has 21 heavy (non-hydrogen) atoms. The minimum absolute atomic E-state index is 0.0556. The van der Waals surface area contributed by atoms with Crippen molar-refractivity contribution < 1.29 is 14.0 Å². The summed E-state index contributed by atoms with van der Waals surface area (Å²) < 4.78 is 12.8. The molecule has 0 bridgehead atoms. The van der Waals surface area contributed by atoms with Crippen LogP contribution in [0.5, 0.6) is 0 Å². The highest BCUT2D eigenvalue weighted by atomic mass is 19.1. The molecule has 0 unspecified atom stereocenters. The van der Waals surface area contributed by atoms with Crippen LogP contribution in [-0.2, 0) is 9.59 Å². The molecule has 6 heteroatoms. The van der Waals surface area contributed by atoms with Crippen LogP contribution in [0.1, 0.15) is 13.3 Å². The van der Waals surface area contributed by atoms with Crippen molar-refractivity contribution in [1.29, 1.82) is 0 Å². The van der Waals surface area contributed by atoms with Gasteiger partial charge in [-0.2, -0.15) is 0 Å². The summed E-state index contributed by atoms with van der Waals surface area (Å²) in [7, 11) is 0. The van der Waals surface area contributed by atoms with Gasteiger partial charge >= 0.3 is 0 Å². The second kappa shape index (κ2) is 7.06. The summed E-state index contributed by atoms with van der Waals surface area (Å²) in [6.45, 7) is 4.45. The molecule has 5 nitrogen and oxygen atoms in total. The molecule has 1 heterocycles. The molecule has 0 radical (unpaired) electrons. The lowest BCUT2D eigenvalue weighted by Crippen LogP contribution is -2.50. The molecule has 114 valence electrons. The Morgan fingerprint density at radius 2 is 1.67 bits per heavy atom. The number of rotatable bonds is 4. The number of nitrogens with one attached hydrogen (secondary N) is 1. The molecular formula is C15H20FN3O2. The van der Waals surface area contributed by atoms with Crippen LogP contribution >= 0.6 is 0 Å². The van der Waals surface area contributed by atoms with Crippen LogP contribution in [0.4, 0.5) is 10.1 Å². The summed E-state index contributed by atoms with van der Waals surface area (Å²) in [4.78, 5) is 26.8. The Morgan fingerprint density at radius 1 is 1.10 bits per heavy atom. The molecule has 2 rings (SSSR count). The van der Waals surface area contributed by atoms with Gasteiger partial charge in [0.05, 0.1) is 0 Å². The zero-order valence-corrected chi connectivity index (χ0v) is 12.1. The first-order valence-electron chi connectivity index (χ1n) is 7.09. The van der Waals surface area contributed by atoms with Gasteiger partial charge in [0.15, 0.2) is 0 Å². The van der Waals surface area contributed by atoms with E-state index >= 15 is 0 Å². The number of halogens is 1. The highest BCUT2D eigenvalue weighted by Crippen LogP contribution is 2.09. The monoisotopic (exact) mass is 293 g/mol. The van der Waals surface area contributed by atoms with Crippen molar-refractivity contribution in [2.24, 2.45) is 0 Å².